The number of rotatable bonds is 9. The van der Waals surface area contributed by atoms with E-state index in [9.17, 15) is 19.2 Å². The zero-order valence-corrected chi connectivity index (χ0v) is 23.4. The molecule has 0 aliphatic carbocycles. The van der Waals surface area contributed by atoms with E-state index in [1.807, 2.05) is 59.2 Å². The number of hydrogen-bond donors (Lipinski definition) is 1. The van der Waals surface area contributed by atoms with E-state index in [2.05, 4.69) is 5.32 Å². The highest BCUT2D eigenvalue weighted by Gasteiger charge is 2.51. The van der Waals surface area contributed by atoms with Gasteiger partial charge in [0.25, 0.3) is 0 Å². The summed E-state index contributed by atoms with van der Waals surface area (Å²) in [5.41, 5.74) is 1.84. The highest BCUT2D eigenvalue weighted by atomic mass is 32.2. The van der Waals surface area contributed by atoms with Crippen LogP contribution in [0.2, 0.25) is 0 Å². The molecule has 4 rings (SSSR count). The maximum Gasteiger partial charge on any atom is 0.303 e. The van der Waals surface area contributed by atoms with Crippen LogP contribution in [0.3, 0.4) is 0 Å². The summed E-state index contributed by atoms with van der Waals surface area (Å²) >= 11 is 1.22. The Morgan fingerprint density at radius 3 is 2.20 bits per heavy atom. The van der Waals surface area contributed by atoms with Gasteiger partial charge in [0.05, 0.1) is 17.6 Å². The van der Waals surface area contributed by atoms with Crippen molar-refractivity contribution in [2.45, 2.75) is 69.2 Å². The lowest BCUT2D eigenvalue weighted by Gasteiger charge is -2.44. The lowest BCUT2D eigenvalue weighted by Crippen LogP contribution is -2.65. The van der Waals surface area contributed by atoms with Crippen molar-refractivity contribution in [1.82, 2.24) is 14.9 Å². The highest BCUT2D eigenvalue weighted by molar-refractivity contribution is 7.99. The first-order valence-electron chi connectivity index (χ1n) is 12.7. The summed E-state index contributed by atoms with van der Waals surface area (Å²) in [4.78, 5) is 52.9. The zero-order chi connectivity index (χ0) is 28.8. The Balaban J connectivity index is 1.76. The molecule has 1 saturated heterocycles. The lowest BCUT2D eigenvalue weighted by atomic mass is 9.97. The Hall–Kier alpha value is -3.90. The maximum atomic E-state index is 12.3. The second-order valence-corrected chi connectivity index (χ2v) is 10.4. The lowest BCUT2D eigenvalue weighted by molar-refractivity contribution is -0.211. The molecule has 5 atom stereocenters. The van der Waals surface area contributed by atoms with Gasteiger partial charge in [-0.05, 0) is 17.7 Å². The molecule has 3 aromatic rings. The molecule has 1 N–H and O–H groups in total. The van der Waals surface area contributed by atoms with Crippen LogP contribution in [0.1, 0.15) is 33.3 Å². The first kappa shape index (κ1) is 29.1. The molecule has 40 heavy (non-hydrogen) atoms. The molecular formula is C28H31N3O8S. The molecule has 1 aliphatic heterocycles. The van der Waals surface area contributed by atoms with Crippen LogP contribution in [-0.4, -0.2) is 69.8 Å². The van der Waals surface area contributed by atoms with E-state index in [4.69, 9.17) is 23.9 Å². The van der Waals surface area contributed by atoms with Gasteiger partial charge in [0, 0.05) is 27.7 Å². The van der Waals surface area contributed by atoms with Gasteiger partial charge >= 0.3 is 17.9 Å². The number of benzene rings is 2. The Morgan fingerprint density at radius 1 is 0.900 bits per heavy atom. The average Bonchev–Trinajstić information content (AvgIpc) is 3.23. The van der Waals surface area contributed by atoms with E-state index >= 15 is 0 Å². The number of fused-ring (bicyclic) bond motifs is 1. The smallest absolute Gasteiger partial charge is 0.303 e. The van der Waals surface area contributed by atoms with Crippen LogP contribution >= 0.6 is 11.8 Å². The van der Waals surface area contributed by atoms with Crippen molar-refractivity contribution in [2.24, 2.45) is 0 Å². The summed E-state index contributed by atoms with van der Waals surface area (Å²) < 4.78 is 24.7. The first-order valence-corrected chi connectivity index (χ1v) is 13.6. The van der Waals surface area contributed by atoms with Crippen molar-refractivity contribution in [1.29, 1.82) is 0 Å². The molecule has 2 aromatic carbocycles. The van der Waals surface area contributed by atoms with E-state index in [0.717, 1.165) is 16.6 Å². The van der Waals surface area contributed by atoms with E-state index < -0.39 is 53.6 Å². The molecule has 11 nitrogen and oxygen atoms in total. The van der Waals surface area contributed by atoms with Gasteiger partial charge in [0.15, 0.2) is 17.4 Å². The number of carbonyl (C=O) groups excluding carboxylic acids is 4. The number of nitrogens with one attached hydrogen (secondary N) is 1. The highest BCUT2D eigenvalue weighted by Crippen LogP contribution is 2.37. The van der Waals surface area contributed by atoms with Crippen LogP contribution in [0.15, 0.2) is 59.8 Å². The van der Waals surface area contributed by atoms with Gasteiger partial charge in [0.1, 0.15) is 24.2 Å². The normalized spacial score (nSPS) is 22.4. The predicted octanol–water partition coefficient (Wildman–Crippen LogP) is 2.83. The van der Waals surface area contributed by atoms with Crippen molar-refractivity contribution in [2.75, 3.05) is 6.61 Å². The molecule has 0 radical (unpaired) electrons. The minimum absolute atomic E-state index is 0.269. The molecule has 12 heteroatoms. The fourth-order valence-corrected chi connectivity index (χ4v) is 5.77. The van der Waals surface area contributed by atoms with Crippen LogP contribution < -0.4 is 5.32 Å². The zero-order valence-electron chi connectivity index (χ0n) is 22.6. The fraction of sp³-hybridized carbons (Fsp3) is 0.393. The molecule has 1 fully saturated rings. The molecule has 1 amide bonds. The number of esters is 3. The third kappa shape index (κ3) is 7.19. The first-order chi connectivity index (χ1) is 19.1. The molecule has 1 aromatic heterocycles. The van der Waals surface area contributed by atoms with Gasteiger partial charge < -0.3 is 28.8 Å². The number of para-hydroxylation sites is 2. The number of amides is 1. The van der Waals surface area contributed by atoms with Crippen molar-refractivity contribution in [3.63, 3.8) is 0 Å². The largest absolute Gasteiger partial charge is 0.463 e. The summed E-state index contributed by atoms with van der Waals surface area (Å²) in [6.07, 6.45) is -3.28. The number of imidazole rings is 1. The van der Waals surface area contributed by atoms with Gasteiger partial charge in [-0.3, -0.25) is 19.2 Å². The Labute approximate surface area is 235 Å². The summed E-state index contributed by atoms with van der Waals surface area (Å²) in [7, 11) is 0. The fourth-order valence-electron chi connectivity index (χ4n) is 4.56. The van der Waals surface area contributed by atoms with Crippen LogP contribution in [-0.2, 0) is 44.7 Å². The molecular weight excluding hydrogens is 538 g/mol. The third-order valence-electron chi connectivity index (χ3n) is 6.10. The number of hydrogen-bond acceptors (Lipinski definition) is 10. The van der Waals surface area contributed by atoms with E-state index in [0.29, 0.717) is 11.7 Å². The Kier molecular flexibility index (Phi) is 9.43. The minimum Gasteiger partial charge on any atom is -0.463 e. The van der Waals surface area contributed by atoms with Crippen LogP contribution in [0, 0.1) is 0 Å². The summed E-state index contributed by atoms with van der Waals surface area (Å²) in [6.45, 7) is 5.23. The van der Waals surface area contributed by atoms with Crippen molar-refractivity contribution in [3.05, 3.63) is 60.2 Å². The number of carbonyl (C=O) groups is 4. The predicted molar refractivity (Wildman–Crippen MR) is 145 cm³/mol. The number of ether oxygens (including phenoxy) is 4. The second-order valence-electron chi connectivity index (χ2n) is 9.29. The van der Waals surface area contributed by atoms with Crippen LogP contribution in [0.25, 0.3) is 11.0 Å². The van der Waals surface area contributed by atoms with Crippen molar-refractivity contribution < 1.29 is 38.1 Å². The van der Waals surface area contributed by atoms with Crippen molar-refractivity contribution >= 4 is 46.6 Å². The van der Waals surface area contributed by atoms with Crippen LogP contribution in [0.4, 0.5) is 0 Å². The Bertz CT molecular complexity index is 1380. The van der Waals surface area contributed by atoms with E-state index in [1.165, 1.54) is 39.5 Å². The molecule has 0 bridgehead atoms. The Morgan fingerprint density at radius 2 is 1.55 bits per heavy atom. The molecule has 212 valence electrons. The van der Waals surface area contributed by atoms with Gasteiger partial charge in [0.2, 0.25) is 5.91 Å². The quantitative estimate of drug-likeness (QED) is 0.303. The monoisotopic (exact) mass is 569 g/mol. The SMILES string of the molecule is CC(=O)NC1C(Sc2nc3ccccc3n2Cc2ccccc2)OC(COC(C)=O)C(OC(C)=O)C1OC(C)=O. The van der Waals surface area contributed by atoms with Crippen molar-refractivity contribution in [3.8, 4) is 0 Å². The van der Waals surface area contributed by atoms with E-state index in [-0.39, 0.29) is 6.61 Å². The summed E-state index contributed by atoms with van der Waals surface area (Å²) in [5, 5.41) is 3.39. The van der Waals surface area contributed by atoms with Gasteiger partial charge in [-0.2, -0.15) is 0 Å². The molecule has 5 unspecified atom stereocenters. The topological polar surface area (TPSA) is 135 Å². The number of nitrogens with zero attached hydrogens (tertiary/aromatic N) is 2. The molecule has 2 heterocycles. The van der Waals surface area contributed by atoms with Gasteiger partial charge in [-0.25, -0.2) is 4.98 Å². The minimum atomic E-state index is -1.16. The molecule has 0 spiro atoms. The second kappa shape index (κ2) is 13.0. The van der Waals surface area contributed by atoms with E-state index in [1.54, 1.807) is 0 Å². The molecule has 1 aliphatic rings. The van der Waals surface area contributed by atoms with Gasteiger partial charge in [-0.1, -0.05) is 54.2 Å². The number of thioether (sulfide) groups is 1. The summed E-state index contributed by atoms with van der Waals surface area (Å²) in [5.74, 6) is -2.28. The maximum absolute atomic E-state index is 12.3. The van der Waals surface area contributed by atoms with Crippen LogP contribution in [0.5, 0.6) is 0 Å². The molecule has 0 saturated carbocycles. The van der Waals surface area contributed by atoms with Gasteiger partial charge in [-0.15, -0.1) is 0 Å². The summed E-state index contributed by atoms with van der Waals surface area (Å²) in [6, 6.07) is 16.6. The third-order valence-corrected chi connectivity index (χ3v) is 7.25. The average molecular weight is 570 g/mol. The standard InChI is InChI=1S/C28H31N3O8S/c1-16(32)29-24-26(38-19(4)35)25(37-18(3)34)23(15-36-17(2)33)39-27(24)40-28-30-21-12-8-9-13-22(21)31(28)14-20-10-6-5-7-11-20/h5-13,23-27H,14-15H2,1-4H3,(H,29,32). The number of aromatic nitrogens is 2.